The van der Waals surface area contributed by atoms with Gasteiger partial charge in [0.2, 0.25) is 0 Å². The molecule has 0 atom stereocenters. The summed E-state index contributed by atoms with van der Waals surface area (Å²) in [6.45, 7) is 1.47. The highest BCUT2D eigenvalue weighted by atomic mass is 16.7. The van der Waals surface area contributed by atoms with Gasteiger partial charge in [0, 0.05) is 24.5 Å². The van der Waals surface area contributed by atoms with Gasteiger partial charge in [-0.1, -0.05) is 6.07 Å². The molecule has 1 aliphatic heterocycles. The van der Waals surface area contributed by atoms with Crippen LogP contribution in [0.15, 0.2) is 18.2 Å². The first kappa shape index (κ1) is 11.0. The summed E-state index contributed by atoms with van der Waals surface area (Å²) in [5.74, 6) is 0.824. The predicted molar refractivity (Wildman–Crippen MR) is 64.5 cm³/mol. The summed E-state index contributed by atoms with van der Waals surface area (Å²) in [4.78, 5) is 4.41. The molecule has 2 N–H and O–H groups in total. The molecule has 2 heterocycles. The number of hydrogen-bond acceptors (Lipinski definition) is 4. The van der Waals surface area contributed by atoms with Crippen LogP contribution >= 0.6 is 0 Å². The summed E-state index contributed by atoms with van der Waals surface area (Å²) in [6.07, 6.45) is 4.06. The van der Waals surface area contributed by atoms with Crippen LogP contribution in [0.1, 0.15) is 37.3 Å². The van der Waals surface area contributed by atoms with Gasteiger partial charge in [0.15, 0.2) is 5.79 Å². The van der Waals surface area contributed by atoms with Gasteiger partial charge < -0.3 is 15.2 Å². The van der Waals surface area contributed by atoms with E-state index < -0.39 is 0 Å². The first-order chi connectivity index (χ1) is 8.27. The SMILES string of the molecule is Nc1cccc(C2CCC3(CC2)OCCO3)n1. The average Bonchev–Trinajstić information content (AvgIpc) is 2.79. The molecule has 4 nitrogen and oxygen atoms in total. The van der Waals surface area contributed by atoms with Crippen molar-refractivity contribution in [3.05, 3.63) is 23.9 Å². The van der Waals surface area contributed by atoms with Crippen molar-refractivity contribution in [3.8, 4) is 0 Å². The van der Waals surface area contributed by atoms with E-state index in [0.29, 0.717) is 11.7 Å². The first-order valence-electron chi connectivity index (χ1n) is 6.28. The van der Waals surface area contributed by atoms with Crippen LogP contribution in [0.25, 0.3) is 0 Å². The van der Waals surface area contributed by atoms with Crippen LogP contribution in [-0.4, -0.2) is 24.0 Å². The fourth-order valence-electron chi connectivity index (χ4n) is 2.84. The van der Waals surface area contributed by atoms with E-state index in [1.54, 1.807) is 0 Å². The van der Waals surface area contributed by atoms with Gasteiger partial charge in [-0.15, -0.1) is 0 Å². The topological polar surface area (TPSA) is 57.4 Å². The van der Waals surface area contributed by atoms with Gasteiger partial charge in [0.05, 0.1) is 13.2 Å². The van der Waals surface area contributed by atoms with E-state index in [4.69, 9.17) is 15.2 Å². The highest BCUT2D eigenvalue weighted by Crippen LogP contribution is 2.41. The molecule has 1 spiro atoms. The molecule has 0 amide bonds. The Bertz CT molecular complexity index is 392. The van der Waals surface area contributed by atoms with Gasteiger partial charge >= 0.3 is 0 Å². The van der Waals surface area contributed by atoms with E-state index in [2.05, 4.69) is 11.1 Å². The van der Waals surface area contributed by atoms with Crippen molar-refractivity contribution in [2.45, 2.75) is 37.4 Å². The van der Waals surface area contributed by atoms with Gasteiger partial charge in [-0.3, -0.25) is 0 Å². The van der Waals surface area contributed by atoms with Crippen LogP contribution in [0.5, 0.6) is 0 Å². The van der Waals surface area contributed by atoms with Gasteiger partial charge in [-0.05, 0) is 25.0 Å². The Kier molecular flexibility index (Phi) is 2.76. The minimum atomic E-state index is -0.281. The number of rotatable bonds is 1. The number of pyridine rings is 1. The van der Waals surface area contributed by atoms with Crippen molar-refractivity contribution in [1.82, 2.24) is 4.98 Å². The lowest BCUT2D eigenvalue weighted by molar-refractivity contribution is -0.178. The molecular formula is C13H18N2O2. The number of nitrogens with zero attached hydrogens (tertiary/aromatic N) is 1. The first-order valence-corrected chi connectivity index (χ1v) is 6.28. The van der Waals surface area contributed by atoms with Crippen LogP contribution in [-0.2, 0) is 9.47 Å². The van der Waals surface area contributed by atoms with Crippen LogP contribution in [0.3, 0.4) is 0 Å². The summed E-state index contributed by atoms with van der Waals surface area (Å²) in [5.41, 5.74) is 6.83. The molecule has 0 aromatic carbocycles. The van der Waals surface area contributed by atoms with Crippen molar-refractivity contribution < 1.29 is 9.47 Å². The minimum absolute atomic E-state index is 0.281. The molecule has 2 fully saturated rings. The van der Waals surface area contributed by atoms with Crippen molar-refractivity contribution in [1.29, 1.82) is 0 Å². The Balaban J connectivity index is 1.68. The highest BCUT2D eigenvalue weighted by molar-refractivity contribution is 5.30. The second-order valence-corrected chi connectivity index (χ2v) is 4.87. The largest absolute Gasteiger partial charge is 0.384 e. The summed E-state index contributed by atoms with van der Waals surface area (Å²) >= 11 is 0. The Labute approximate surface area is 101 Å². The lowest BCUT2D eigenvalue weighted by atomic mass is 9.83. The minimum Gasteiger partial charge on any atom is -0.384 e. The lowest BCUT2D eigenvalue weighted by Crippen LogP contribution is -2.34. The molecule has 0 radical (unpaired) electrons. The smallest absolute Gasteiger partial charge is 0.168 e. The van der Waals surface area contributed by atoms with Crippen LogP contribution in [0, 0.1) is 0 Å². The molecule has 0 bridgehead atoms. The number of nitrogen functional groups attached to an aromatic ring is 1. The van der Waals surface area contributed by atoms with E-state index >= 15 is 0 Å². The van der Waals surface area contributed by atoms with Crippen LogP contribution in [0.4, 0.5) is 5.82 Å². The molecule has 1 aromatic rings. The van der Waals surface area contributed by atoms with Crippen molar-refractivity contribution in [3.63, 3.8) is 0 Å². The maximum Gasteiger partial charge on any atom is 0.168 e. The molecule has 1 aromatic heterocycles. The number of anilines is 1. The summed E-state index contributed by atoms with van der Waals surface area (Å²) in [6, 6.07) is 5.87. The van der Waals surface area contributed by atoms with Gasteiger partial charge in [-0.25, -0.2) is 4.98 Å². The Morgan fingerprint density at radius 3 is 2.53 bits per heavy atom. The zero-order valence-corrected chi connectivity index (χ0v) is 9.89. The lowest BCUT2D eigenvalue weighted by Gasteiger charge is -2.35. The maximum atomic E-state index is 5.72. The fourth-order valence-corrected chi connectivity index (χ4v) is 2.84. The Hall–Kier alpha value is -1.13. The normalized spacial score (nSPS) is 24.2. The van der Waals surface area contributed by atoms with Crippen molar-refractivity contribution >= 4 is 5.82 Å². The predicted octanol–water partition coefficient (Wildman–Crippen LogP) is 2.06. The monoisotopic (exact) mass is 234 g/mol. The molecule has 1 saturated heterocycles. The van der Waals surface area contributed by atoms with Crippen LogP contribution in [0.2, 0.25) is 0 Å². The quantitative estimate of drug-likeness (QED) is 0.808. The maximum absolute atomic E-state index is 5.72. The molecule has 0 unspecified atom stereocenters. The van der Waals surface area contributed by atoms with Crippen LogP contribution < -0.4 is 5.73 Å². The summed E-state index contributed by atoms with van der Waals surface area (Å²) < 4.78 is 11.4. The molecule has 17 heavy (non-hydrogen) atoms. The standard InChI is InChI=1S/C13H18N2O2/c14-12-3-1-2-11(15-12)10-4-6-13(7-5-10)16-8-9-17-13/h1-3,10H,4-9H2,(H2,14,15). The molecule has 92 valence electrons. The third-order valence-corrected chi connectivity index (χ3v) is 3.77. The summed E-state index contributed by atoms with van der Waals surface area (Å²) in [7, 11) is 0. The summed E-state index contributed by atoms with van der Waals surface area (Å²) in [5, 5.41) is 0. The average molecular weight is 234 g/mol. The number of nitrogens with two attached hydrogens (primary N) is 1. The number of ether oxygens (including phenoxy) is 2. The molecular weight excluding hydrogens is 216 g/mol. The Morgan fingerprint density at radius 1 is 1.18 bits per heavy atom. The molecule has 4 heteroatoms. The van der Waals surface area contributed by atoms with E-state index in [9.17, 15) is 0 Å². The van der Waals surface area contributed by atoms with Gasteiger partial charge in [-0.2, -0.15) is 0 Å². The van der Waals surface area contributed by atoms with E-state index in [0.717, 1.165) is 44.6 Å². The molecule has 2 aliphatic rings. The van der Waals surface area contributed by atoms with Crippen molar-refractivity contribution in [2.24, 2.45) is 0 Å². The van der Waals surface area contributed by atoms with E-state index in [1.807, 2.05) is 12.1 Å². The van der Waals surface area contributed by atoms with Gasteiger partial charge in [0.1, 0.15) is 5.82 Å². The van der Waals surface area contributed by atoms with Gasteiger partial charge in [0.25, 0.3) is 0 Å². The van der Waals surface area contributed by atoms with E-state index in [-0.39, 0.29) is 5.79 Å². The van der Waals surface area contributed by atoms with Crippen molar-refractivity contribution in [2.75, 3.05) is 18.9 Å². The Morgan fingerprint density at radius 2 is 1.88 bits per heavy atom. The second kappa shape index (κ2) is 4.27. The second-order valence-electron chi connectivity index (χ2n) is 4.87. The molecule has 3 rings (SSSR count). The number of hydrogen-bond donors (Lipinski definition) is 1. The third kappa shape index (κ3) is 2.15. The zero-order chi connectivity index (χ0) is 11.7. The fraction of sp³-hybridized carbons (Fsp3) is 0.615. The highest BCUT2D eigenvalue weighted by Gasteiger charge is 2.40. The zero-order valence-electron chi connectivity index (χ0n) is 9.89. The third-order valence-electron chi connectivity index (χ3n) is 3.77. The number of aromatic nitrogens is 1. The van der Waals surface area contributed by atoms with E-state index in [1.165, 1.54) is 0 Å². The molecule has 1 saturated carbocycles. The molecule has 1 aliphatic carbocycles.